The average Bonchev–Trinajstić information content (AvgIpc) is 2.80. The monoisotopic (exact) mass is 533 g/mol. The molecule has 15 nitrogen and oxygen atoms in total. The Kier molecular flexibility index (Phi) is 16.6. The largest absolute Gasteiger partial charge is 0.480 e. The number of hydrogen-bond donors (Lipinski definition) is 10. The van der Waals surface area contributed by atoms with Gasteiger partial charge in [-0.3, -0.25) is 24.2 Å². The van der Waals surface area contributed by atoms with Crippen LogP contribution in [-0.2, 0) is 24.0 Å². The van der Waals surface area contributed by atoms with Gasteiger partial charge in [0.1, 0.15) is 18.1 Å². The highest BCUT2D eigenvalue weighted by Crippen LogP contribution is 2.06. The molecule has 0 aliphatic heterocycles. The van der Waals surface area contributed by atoms with Crippen LogP contribution >= 0.6 is 12.6 Å². The zero-order chi connectivity index (χ0) is 27.7. The van der Waals surface area contributed by atoms with E-state index in [-0.39, 0.29) is 43.9 Å². The van der Waals surface area contributed by atoms with Crippen LogP contribution < -0.4 is 44.6 Å². The molecule has 0 bridgehead atoms. The smallest absolute Gasteiger partial charge is 0.327 e. The molecule has 0 radical (unpaired) electrons. The van der Waals surface area contributed by atoms with Crippen LogP contribution in [0.2, 0.25) is 0 Å². The molecule has 0 aromatic carbocycles. The molecule has 0 aliphatic rings. The number of primary amides is 1. The molecule has 36 heavy (non-hydrogen) atoms. The molecule has 206 valence electrons. The van der Waals surface area contributed by atoms with Crippen molar-refractivity contribution in [3.8, 4) is 0 Å². The summed E-state index contributed by atoms with van der Waals surface area (Å²) < 4.78 is 0. The molecule has 0 fully saturated rings. The van der Waals surface area contributed by atoms with Crippen molar-refractivity contribution >= 4 is 48.2 Å². The quantitative estimate of drug-likeness (QED) is 0.0334. The summed E-state index contributed by atoms with van der Waals surface area (Å²) >= 11 is 3.90. The highest BCUT2D eigenvalue weighted by molar-refractivity contribution is 7.80. The lowest BCUT2D eigenvalue weighted by molar-refractivity contribution is -0.141. The van der Waals surface area contributed by atoms with Gasteiger partial charge in [-0.2, -0.15) is 12.6 Å². The van der Waals surface area contributed by atoms with Gasteiger partial charge in [0.25, 0.3) is 0 Å². The van der Waals surface area contributed by atoms with E-state index in [1.165, 1.54) is 0 Å². The van der Waals surface area contributed by atoms with Crippen LogP contribution in [0.4, 0.5) is 0 Å². The molecule has 14 N–H and O–H groups in total. The summed E-state index contributed by atoms with van der Waals surface area (Å²) in [5.74, 6) is -4.52. The maximum absolute atomic E-state index is 13.0. The highest BCUT2D eigenvalue weighted by Gasteiger charge is 2.30. The lowest BCUT2D eigenvalue weighted by Gasteiger charge is -2.25. The van der Waals surface area contributed by atoms with E-state index in [0.29, 0.717) is 25.8 Å². The van der Waals surface area contributed by atoms with E-state index in [2.05, 4.69) is 33.6 Å². The number of nitrogens with two attached hydrogens (primary N) is 5. The fraction of sp³-hybridized carbons (Fsp3) is 0.700. The SMILES string of the molecule is NCCCCC(N)C(=O)NC(CCC(N)=O)C(=O)NC(CCCN=C(N)N)C(=O)NC(CS)C(=O)O. The van der Waals surface area contributed by atoms with Gasteiger partial charge in [-0.1, -0.05) is 6.42 Å². The van der Waals surface area contributed by atoms with Crippen LogP contribution in [0.1, 0.15) is 44.9 Å². The Morgan fingerprint density at radius 1 is 0.806 bits per heavy atom. The van der Waals surface area contributed by atoms with Gasteiger partial charge in [-0.25, -0.2) is 4.79 Å². The Morgan fingerprint density at radius 2 is 1.36 bits per heavy atom. The number of amides is 4. The first-order valence-corrected chi connectivity index (χ1v) is 12.1. The van der Waals surface area contributed by atoms with E-state index in [1.54, 1.807) is 0 Å². The third kappa shape index (κ3) is 14.3. The summed E-state index contributed by atoms with van der Waals surface area (Å²) in [6.45, 7) is 0.594. The summed E-state index contributed by atoms with van der Waals surface area (Å²) in [4.78, 5) is 64.6. The van der Waals surface area contributed by atoms with Crippen molar-refractivity contribution in [3.63, 3.8) is 0 Å². The number of carbonyl (C=O) groups excluding carboxylic acids is 4. The molecule has 4 unspecified atom stereocenters. The van der Waals surface area contributed by atoms with Crippen molar-refractivity contribution in [1.29, 1.82) is 0 Å². The number of aliphatic imine (C=N–C) groups is 1. The topological polar surface area (TPSA) is 284 Å². The van der Waals surface area contributed by atoms with E-state index in [1.807, 2.05) is 0 Å². The van der Waals surface area contributed by atoms with Gasteiger partial charge >= 0.3 is 5.97 Å². The van der Waals surface area contributed by atoms with Gasteiger partial charge in [-0.15, -0.1) is 0 Å². The molecule has 0 aromatic heterocycles. The number of aliphatic carboxylic acids is 1. The maximum atomic E-state index is 13.0. The van der Waals surface area contributed by atoms with E-state index in [0.717, 1.165) is 0 Å². The molecule has 0 spiro atoms. The van der Waals surface area contributed by atoms with Crippen LogP contribution in [0.25, 0.3) is 0 Å². The van der Waals surface area contributed by atoms with Crippen molar-refractivity contribution in [2.24, 2.45) is 33.7 Å². The molecule has 0 saturated heterocycles. The minimum atomic E-state index is -1.31. The molecule has 16 heteroatoms. The van der Waals surface area contributed by atoms with E-state index in [9.17, 15) is 29.1 Å². The zero-order valence-electron chi connectivity index (χ0n) is 20.2. The minimum absolute atomic E-state index is 0.0440. The van der Waals surface area contributed by atoms with Gasteiger partial charge in [0.2, 0.25) is 23.6 Å². The van der Waals surface area contributed by atoms with Crippen molar-refractivity contribution in [2.45, 2.75) is 69.1 Å². The van der Waals surface area contributed by atoms with Crippen LogP contribution in [0.3, 0.4) is 0 Å². The molecule has 4 amide bonds. The van der Waals surface area contributed by atoms with Gasteiger partial charge in [0.15, 0.2) is 5.96 Å². The molecule has 0 heterocycles. The number of carboxylic acid groups (broad SMARTS) is 1. The van der Waals surface area contributed by atoms with Crippen LogP contribution in [0.5, 0.6) is 0 Å². The van der Waals surface area contributed by atoms with E-state index in [4.69, 9.17) is 28.7 Å². The average molecular weight is 534 g/mol. The number of thiol groups is 1. The van der Waals surface area contributed by atoms with Gasteiger partial charge in [-0.05, 0) is 38.6 Å². The van der Waals surface area contributed by atoms with Crippen molar-refractivity contribution in [2.75, 3.05) is 18.8 Å². The number of carboxylic acids is 1. The molecule has 4 atom stereocenters. The lowest BCUT2D eigenvalue weighted by Crippen LogP contribution is -2.57. The van der Waals surface area contributed by atoms with Crippen molar-refractivity contribution < 1.29 is 29.1 Å². The third-order valence-electron chi connectivity index (χ3n) is 4.99. The first kappa shape index (κ1) is 32.9. The van der Waals surface area contributed by atoms with E-state index >= 15 is 0 Å². The summed E-state index contributed by atoms with van der Waals surface area (Å²) in [6, 6.07) is -4.63. The van der Waals surface area contributed by atoms with Gasteiger partial charge in [0.05, 0.1) is 6.04 Å². The molecular formula is C20H39N9O6S. The molecule has 0 aliphatic carbocycles. The number of guanidine groups is 1. The Hall–Kier alpha value is -3.11. The predicted molar refractivity (Wildman–Crippen MR) is 137 cm³/mol. The number of unbranched alkanes of at least 4 members (excludes halogenated alkanes) is 1. The molecular weight excluding hydrogens is 494 g/mol. The summed E-state index contributed by atoms with van der Waals surface area (Å²) in [6.07, 6.45) is 1.57. The van der Waals surface area contributed by atoms with E-state index < -0.39 is 53.8 Å². The molecule has 0 rings (SSSR count). The number of rotatable bonds is 19. The Balaban J connectivity index is 5.53. The van der Waals surface area contributed by atoms with Crippen molar-refractivity contribution in [3.05, 3.63) is 0 Å². The normalized spacial score (nSPS) is 14.0. The standard InChI is InChI=1S/C20H39N9O6S/c21-8-2-1-4-11(22)16(31)27-13(6-7-15(23)30)18(33)28-12(5-3-9-26-20(24)25)17(32)29-14(10-36)19(34)35/h11-14,36H,1-10,21-22H2,(H2,23,30)(H,27,31)(H,28,33)(H,29,32)(H,34,35)(H4,24,25,26). The first-order valence-electron chi connectivity index (χ1n) is 11.5. The van der Waals surface area contributed by atoms with Crippen LogP contribution in [0, 0.1) is 0 Å². The second-order valence-corrected chi connectivity index (χ2v) is 8.41. The number of carbonyl (C=O) groups is 5. The maximum Gasteiger partial charge on any atom is 0.327 e. The number of hydrogen-bond acceptors (Lipinski definition) is 9. The Bertz CT molecular complexity index is 779. The second kappa shape index (κ2) is 18.2. The second-order valence-electron chi connectivity index (χ2n) is 8.05. The van der Waals surface area contributed by atoms with Crippen LogP contribution in [0.15, 0.2) is 4.99 Å². The van der Waals surface area contributed by atoms with Gasteiger partial charge in [0, 0.05) is 18.7 Å². The lowest BCUT2D eigenvalue weighted by atomic mass is 10.1. The third-order valence-corrected chi connectivity index (χ3v) is 5.36. The van der Waals surface area contributed by atoms with Crippen LogP contribution in [-0.4, -0.2) is 83.7 Å². The predicted octanol–water partition coefficient (Wildman–Crippen LogP) is -3.77. The zero-order valence-corrected chi connectivity index (χ0v) is 21.0. The Labute approximate surface area is 215 Å². The fourth-order valence-electron chi connectivity index (χ4n) is 2.98. The van der Waals surface area contributed by atoms with Gasteiger partial charge < -0.3 is 49.7 Å². The molecule has 0 saturated carbocycles. The Morgan fingerprint density at radius 3 is 1.86 bits per heavy atom. The number of nitrogens with zero attached hydrogens (tertiary/aromatic N) is 1. The van der Waals surface area contributed by atoms with Crippen molar-refractivity contribution in [1.82, 2.24) is 16.0 Å². The summed E-state index contributed by atoms with van der Waals surface area (Å²) in [5, 5.41) is 16.5. The highest BCUT2D eigenvalue weighted by atomic mass is 32.1. The fourth-order valence-corrected chi connectivity index (χ4v) is 3.22. The summed E-state index contributed by atoms with van der Waals surface area (Å²) in [7, 11) is 0. The first-order chi connectivity index (χ1) is 16.9. The molecule has 0 aromatic rings. The summed E-state index contributed by atoms with van der Waals surface area (Å²) in [5.41, 5.74) is 27.1. The number of nitrogens with one attached hydrogen (secondary N) is 3. The minimum Gasteiger partial charge on any atom is -0.480 e.